The molecule has 1 atom stereocenters. The lowest BCUT2D eigenvalue weighted by Gasteiger charge is -2.48. The highest BCUT2D eigenvalue weighted by Gasteiger charge is 2.48. The zero-order chi connectivity index (χ0) is 17.4. The van der Waals surface area contributed by atoms with Crippen molar-refractivity contribution in [2.45, 2.75) is 42.9 Å². The van der Waals surface area contributed by atoms with Crippen molar-refractivity contribution in [2.75, 3.05) is 53.5 Å². The standard InChI is InChI=1S/C16H29N3O4S/c1-17-9-10-19(24(21,22)14-3-4-14)13-16(17)6-5-15(20)18(8-7-16)11-12-23-2/h14H,3-13H2,1-2H3. The molecule has 0 radical (unpaired) electrons. The van der Waals surface area contributed by atoms with E-state index in [-0.39, 0.29) is 16.7 Å². The SMILES string of the molecule is COCCN1CCC2(CCC1=O)CN(S(=O)(=O)C1CC1)CCN2C. The van der Waals surface area contributed by atoms with Gasteiger partial charge in [-0.3, -0.25) is 9.69 Å². The largest absolute Gasteiger partial charge is 0.383 e. The van der Waals surface area contributed by atoms with Gasteiger partial charge >= 0.3 is 0 Å². The smallest absolute Gasteiger partial charge is 0.222 e. The summed E-state index contributed by atoms with van der Waals surface area (Å²) in [6, 6.07) is 0. The Labute approximate surface area is 145 Å². The molecular weight excluding hydrogens is 330 g/mol. The Hall–Kier alpha value is -0.700. The zero-order valence-electron chi connectivity index (χ0n) is 14.7. The summed E-state index contributed by atoms with van der Waals surface area (Å²) < 4.78 is 32.1. The van der Waals surface area contributed by atoms with Crippen molar-refractivity contribution in [3.05, 3.63) is 0 Å². The van der Waals surface area contributed by atoms with E-state index in [1.807, 2.05) is 4.90 Å². The van der Waals surface area contributed by atoms with Crippen LogP contribution in [0.2, 0.25) is 0 Å². The van der Waals surface area contributed by atoms with E-state index in [9.17, 15) is 13.2 Å². The number of methoxy groups -OCH3 is 1. The summed E-state index contributed by atoms with van der Waals surface area (Å²) in [6.07, 6.45) is 3.61. The van der Waals surface area contributed by atoms with Gasteiger partial charge in [-0.2, -0.15) is 4.31 Å². The summed E-state index contributed by atoms with van der Waals surface area (Å²) in [5, 5.41) is -0.163. The first-order chi connectivity index (χ1) is 11.4. The molecule has 1 unspecified atom stereocenters. The maximum Gasteiger partial charge on any atom is 0.222 e. The van der Waals surface area contributed by atoms with Crippen LogP contribution in [0.3, 0.4) is 0 Å². The molecule has 0 aromatic carbocycles. The third-order valence-electron chi connectivity index (χ3n) is 5.84. The van der Waals surface area contributed by atoms with Gasteiger partial charge in [-0.25, -0.2) is 8.42 Å². The van der Waals surface area contributed by atoms with E-state index < -0.39 is 10.0 Å². The van der Waals surface area contributed by atoms with Crippen molar-refractivity contribution < 1.29 is 17.9 Å². The molecule has 1 spiro atoms. The quantitative estimate of drug-likeness (QED) is 0.698. The van der Waals surface area contributed by atoms with Crippen molar-refractivity contribution >= 4 is 15.9 Å². The molecule has 0 aromatic rings. The minimum atomic E-state index is -3.15. The number of rotatable bonds is 5. The number of hydrogen-bond acceptors (Lipinski definition) is 5. The van der Waals surface area contributed by atoms with Gasteiger partial charge in [-0.05, 0) is 32.7 Å². The van der Waals surface area contributed by atoms with E-state index in [1.165, 1.54) is 0 Å². The van der Waals surface area contributed by atoms with Gasteiger partial charge in [0.1, 0.15) is 0 Å². The van der Waals surface area contributed by atoms with E-state index in [2.05, 4.69) is 11.9 Å². The van der Waals surface area contributed by atoms with Crippen molar-refractivity contribution in [1.82, 2.24) is 14.1 Å². The van der Waals surface area contributed by atoms with Gasteiger partial charge in [0.2, 0.25) is 15.9 Å². The van der Waals surface area contributed by atoms with Crippen LogP contribution in [0.1, 0.15) is 32.1 Å². The highest BCUT2D eigenvalue weighted by atomic mass is 32.2. The van der Waals surface area contributed by atoms with Crippen LogP contribution in [-0.4, -0.2) is 92.7 Å². The first kappa shape index (κ1) is 18.1. The van der Waals surface area contributed by atoms with Crippen LogP contribution in [0.4, 0.5) is 0 Å². The number of carbonyl (C=O) groups is 1. The fraction of sp³-hybridized carbons (Fsp3) is 0.938. The minimum absolute atomic E-state index is 0.152. The monoisotopic (exact) mass is 359 g/mol. The van der Waals surface area contributed by atoms with Crippen LogP contribution >= 0.6 is 0 Å². The molecule has 3 aliphatic rings. The average molecular weight is 359 g/mol. The van der Waals surface area contributed by atoms with Gasteiger partial charge in [-0.1, -0.05) is 0 Å². The maximum absolute atomic E-state index is 12.7. The molecule has 2 aliphatic heterocycles. The van der Waals surface area contributed by atoms with Crippen molar-refractivity contribution in [3.8, 4) is 0 Å². The molecule has 3 fully saturated rings. The molecule has 0 aromatic heterocycles. The lowest BCUT2D eigenvalue weighted by Crippen LogP contribution is -2.62. The predicted octanol–water partition coefficient (Wildman–Crippen LogP) is 0.124. The summed E-state index contributed by atoms with van der Waals surface area (Å²) in [4.78, 5) is 16.5. The van der Waals surface area contributed by atoms with E-state index >= 15 is 0 Å². The van der Waals surface area contributed by atoms with Crippen molar-refractivity contribution in [3.63, 3.8) is 0 Å². The Morgan fingerprint density at radius 2 is 1.96 bits per heavy atom. The van der Waals surface area contributed by atoms with E-state index in [4.69, 9.17) is 4.74 Å². The van der Waals surface area contributed by atoms with Gasteiger partial charge in [0.05, 0.1) is 11.9 Å². The van der Waals surface area contributed by atoms with Crippen LogP contribution in [0.25, 0.3) is 0 Å². The van der Waals surface area contributed by atoms with Crippen molar-refractivity contribution in [2.24, 2.45) is 0 Å². The molecule has 138 valence electrons. The molecule has 24 heavy (non-hydrogen) atoms. The third kappa shape index (κ3) is 3.47. The van der Waals surface area contributed by atoms with Crippen LogP contribution in [0.15, 0.2) is 0 Å². The number of likely N-dealkylation sites (N-methyl/N-ethyl adjacent to an activating group) is 1. The topological polar surface area (TPSA) is 70.2 Å². The molecule has 0 N–H and O–H groups in total. The zero-order valence-corrected chi connectivity index (χ0v) is 15.6. The fourth-order valence-electron chi connectivity index (χ4n) is 3.89. The Bertz CT molecular complexity index is 578. The highest BCUT2D eigenvalue weighted by molar-refractivity contribution is 7.90. The van der Waals surface area contributed by atoms with E-state index in [1.54, 1.807) is 11.4 Å². The summed E-state index contributed by atoms with van der Waals surface area (Å²) in [5.74, 6) is 0.152. The second kappa shape index (κ2) is 6.90. The highest BCUT2D eigenvalue weighted by Crippen LogP contribution is 2.37. The third-order valence-corrected chi connectivity index (χ3v) is 8.19. The average Bonchev–Trinajstić information content (AvgIpc) is 3.40. The van der Waals surface area contributed by atoms with E-state index in [0.29, 0.717) is 39.2 Å². The van der Waals surface area contributed by atoms with Crippen molar-refractivity contribution in [1.29, 1.82) is 0 Å². The number of piperazine rings is 1. The van der Waals surface area contributed by atoms with Gasteiger partial charge < -0.3 is 9.64 Å². The van der Waals surface area contributed by atoms with Crippen LogP contribution < -0.4 is 0 Å². The lowest BCUT2D eigenvalue weighted by atomic mass is 9.87. The lowest BCUT2D eigenvalue weighted by molar-refractivity contribution is -0.131. The molecule has 2 saturated heterocycles. The molecule has 2 heterocycles. The second-order valence-corrected chi connectivity index (χ2v) is 9.56. The fourth-order valence-corrected chi connectivity index (χ4v) is 5.80. The minimum Gasteiger partial charge on any atom is -0.383 e. The number of ether oxygens (including phenoxy) is 1. The Morgan fingerprint density at radius 1 is 1.21 bits per heavy atom. The molecule has 8 heteroatoms. The Morgan fingerprint density at radius 3 is 2.62 bits per heavy atom. The molecular formula is C16H29N3O4S. The summed E-state index contributed by atoms with van der Waals surface area (Å²) >= 11 is 0. The van der Waals surface area contributed by atoms with Gasteiger partial charge in [-0.15, -0.1) is 0 Å². The second-order valence-electron chi connectivity index (χ2n) is 7.35. The first-order valence-electron chi connectivity index (χ1n) is 8.86. The van der Waals surface area contributed by atoms with Gasteiger partial charge in [0, 0.05) is 51.8 Å². The number of amides is 1. The molecule has 7 nitrogen and oxygen atoms in total. The van der Waals surface area contributed by atoms with Gasteiger partial charge in [0.25, 0.3) is 0 Å². The van der Waals surface area contributed by atoms with E-state index in [0.717, 1.165) is 32.2 Å². The molecule has 1 amide bonds. The molecule has 1 aliphatic carbocycles. The van der Waals surface area contributed by atoms with Crippen LogP contribution in [-0.2, 0) is 19.6 Å². The van der Waals surface area contributed by atoms with Gasteiger partial charge in [0.15, 0.2) is 0 Å². The number of sulfonamides is 1. The normalized spacial score (nSPS) is 30.8. The van der Waals surface area contributed by atoms with Crippen LogP contribution in [0, 0.1) is 0 Å². The molecule has 1 saturated carbocycles. The summed E-state index contributed by atoms with van der Waals surface area (Å²) in [5.41, 5.74) is -0.225. The predicted molar refractivity (Wildman–Crippen MR) is 91.2 cm³/mol. The molecule has 3 rings (SSSR count). The maximum atomic E-state index is 12.7. The van der Waals surface area contributed by atoms with Crippen LogP contribution in [0.5, 0.6) is 0 Å². The Balaban J connectivity index is 1.73. The number of nitrogens with zero attached hydrogens (tertiary/aromatic N) is 3. The number of hydrogen-bond donors (Lipinski definition) is 0. The number of likely N-dealkylation sites (tertiary alicyclic amines) is 1. The summed E-state index contributed by atoms with van der Waals surface area (Å²) in [7, 11) is 0.551. The Kier molecular flexibility index (Phi) is 5.20. The summed E-state index contributed by atoms with van der Waals surface area (Å²) in [6.45, 7) is 3.64. The molecule has 0 bridgehead atoms. The first-order valence-corrected chi connectivity index (χ1v) is 10.4. The number of carbonyl (C=O) groups excluding carboxylic acids is 1.